The molecule has 1 unspecified atom stereocenters. The topological polar surface area (TPSA) is 64.9 Å². The lowest BCUT2D eigenvalue weighted by molar-refractivity contribution is 0.351. The highest BCUT2D eigenvalue weighted by molar-refractivity contribution is 7.98. The number of hydrogen-bond acceptors (Lipinski definition) is 5. The summed E-state index contributed by atoms with van der Waals surface area (Å²) in [5, 5.41) is 4.03. The van der Waals surface area contributed by atoms with Gasteiger partial charge in [-0.3, -0.25) is 0 Å². The molecule has 19 heavy (non-hydrogen) atoms. The minimum absolute atomic E-state index is 0.677. The van der Waals surface area contributed by atoms with Gasteiger partial charge in [0.15, 0.2) is 5.82 Å². The van der Waals surface area contributed by atoms with E-state index in [-0.39, 0.29) is 0 Å². The monoisotopic (exact) mass is 285 g/mol. The number of nitrogens with two attached hydrogens (primary N) is 1. The maximum atomic E-state index is 5.60. The van der Waals surface area contributed by atoms with Gasteiger partial charge < -0.3 is 10.3 Å². The normalized spacial score (nSPS) is 13.1. The van der Waals surface area contributed by atoms with Crippen LogP contribution in [0, 0.1) is 11.8 Å². The van der Waals surface area contributed by atoms with E-state index in [1.54, 1.807) is 0 Å². The van der Waals surface area contributed by atoms with Gasteiger partial charge in [0.05, 0.1) is 5.75 Å². The molecule has 0 aromatic carbocycles. The minimum Gasteiger partial charge on any atom is -0.339 e. The molecule has 0 aliphatic carbocycles. The summed E-state index contributed by atoms with van der Waals surface area (Å²) in [6, 6.07) is 0. The maximum Gasteiger partial charge on any atom is 0.226 e. The molecule has 1 atom stereocenters. The van der Waals surface area contributed by atoms with Gasteiger partial charge in [0.2, 0.25) is 5.89 Å². The fourth-order valence-corrected chi connectivity index (χ4v) is 2.84. The zero-order chi connectivity index (χ0) is 14.1. The quantitative estimate of drug-likeness (QED) is 0.714. The van der Waals surface area contributed by atoms with Gasteiger partial charge in [-0.15, -0.1) is 0 Å². The van der Waals surface area contributed by atoms with Crippen LogP contribution in [-0.4, -0.2) is 22.4 Å². The highest BCUT2D eigenvalue weighted by atomic mass is 32.2. The van der Waals surface area contributed by atoms with Crippen LogP contribution in [0.4, 0.5) is 0 Å². The Morgan fingerprint density at radius 1 is 1.32 bits per heavy atom. The van der Waals surface area contributed by atoms with Crippen molar-refractivity contribution in [2.45, 2.75) is 52.2 Å². The summed E-state index contributed by atoms with van der Waals surface area (Å²) in [5.41, 5.74) is 5.60. The molecular weight excluding hydrogens is 258 g/mol. The van der Waals surface area contributed by atoms with E-state index in [1.807, 2.05) is 11.8 Å². The Morgan fingerprint density at radius 3 is 2.74 bits per heavy atom. The standard InChI is InChI=1S/C14H27N3OS/c1-4-12(7-8-15)5-6-14-16-13(17-18-14)10-19-9-11(2)3/h11-12H,4-10,15H2,1-3H3. The number of rotatable bonds is 10. The molecule has 1 aromatic rings. The molecule has 0 saturated carbocycles. The van der Waals surface area contributed by atoms with Crippen molar-refractivity contribution in [2.75, 3.05) is 12.3 Å². The van der Waals surface area contributed by atoms with E-state index in [9.17, 15) is 0 Å². The second-order valence-electron chi connectivity index (χ2n) is 5.40. The molecule has 0 bridgehead atoms. The molecule has 0 spiro atoms. The van der Waals surface area contributed by atoms with Crippen LogP contribution in [0.1, 0.15) is 51.7 Å². The van der Waals surface area contributed by atoms with Crippen molar-refractivity contribution in [1.29, 1.82) is 0 Å². The first kappa shape index (κ1) is 16.5. The van der Waals surface area contributed by atoms with Crippen molar-refractivity contribution < 1.29 is 4.52 Å². The Hall–Kier alpha value is -0.550. The fourth-order valence-electron chi connectivity index (χ4n) is 1.95. The molecule has 2 N–H and O–H groups in total. The number of thioether (sulfide) groups is 1. The molecule has 0 aliphatic rings. The fraction of sp³-hybridized carbons (Fsp3) is 0.857. The third-order valence-corrected chi connectivity index (χ3v) is 4.48. The van der Waals surface area contributed by atoms with Crippen molar-refractivity contribution in [2.24, 2.45) is 17.6 Å². The van der Waals surface area contributed by atoms with Gasteiger partial charge in [-0.2, -0.15) is 16.7 Å². The minimum atomic E-state index is 0.677. The second kappa shape index (κ2) is 9.37. The average molecular weight is 285 g/mol. The van der Waals surface area contributed by atoms with E-state index in [0.29, 0.717) is 11.8 Å². The van der Waals surface area contributed by atoms with Gasteiger partial charge in [0, 0.05) is 6.42 Å². The molecule has 1 aromatic heterocycles. The molecule has 1 heterocycles. The summed E-state index contributed by atoms with van der Waals surface area (Å²) >= 11 is 1.86. The van der Waals surface area contributed by atoms with Gasteiger partial charge >= 0.3 is 0 Å². The zero-order valence-corrected chi connectivity index (χ0v) is 13.2. The highest BCUT2D eigenvalue weighted by Crippen LogP contribution is 2.17. The van der Waals surface area contributed by atoms with Crippen LogP contribution in [0.15, 0.2) is 4.52 Å². The summed E-state index contributed by atoms with van der Waals surface area (Å²) in [6.45, 7) is 7.41. The lowest BCUT2D eigenvalue weighted by Crippen LogP contribution is -2.09. The zero-order valence-electron chi connectivity index (χ0n) is 12.4. The Balaban J connectivity index is 2.29. The molecule has 5 heteroatoms. The van der Waals surface area contributed by atoms with Crippen LogP contribution < -0.4 is 5.73 Å². The van der Waals surface area contributed by atoms with E-state index < -0.39 is 0 Å². The number of hydrogen-bond donors (Lipinski definition) is 1. The van der Waals surface area contributed by atoms with E-state index in [2.05, 4.69) is 30.9 Å². The molecule has 0 aliphatic heterocycles. The molecule has 0 radical (unpaired) electrons. The number of nitrogens with zero attached hydrogens (tertiary/aromatic N) is 2. The van der Waals surface area contributed by atoms with Gasteiger partial charge in [-0.25, -0.2) is 0 Å². The summed E-state index contributed by atoms with van der Waals surface area (Å²) < 4.78 is 5.29. The van der Waals surface area contributed by atoms with E-state index in [4.69, 9.17) is 10.3 Å². The Kier molecular flexibility index (Phi) is 8.14. The van der Waals surface area contributed by atoms with E-state index in [1.165, 1.54) is 6.42 Å². The summed E-state index contributed by atoms with van der Waals surface area (Å²) in [6.07, 6.45) is 4.22. The number of aryl methyl sites for hydroxylation is 1. The first-order chi connectivity index (χ1) is 9.15. The molecule has 0 fully saturated rings. The smallest absolute Gasteiger partial charge is 0.226 e. The van der Waals surface area contributed by atoms with Crippen molar-refractivity contribution in [3.63, 3.8) is 0 Å². The van der Waals surface area contributed by atoms with Gasteiger partial charge in [0.1, 0.15) is 0 Å². The molecule has 110 valence electrons. The molecule has 4 nitrogen and oxygen atoms in total. The van der Waals surface area contributed by atoms with Crippen molar-refractivity contribution in [3.05, 3.63) is 11.7 Å². The molecular formula is C14H27N3OS. The van der Waals surface area contributed by atoms with E-state index >= 15 is 0 Å². The first-order valence-corrected chi connectivity index (χ1v) is 8.40. The third-order valence-electron chi connectivity index (χ3n) is 3.11. The van der Waals surface area contributed by atoms with Gasteiger partial charge in [-0.05, 0) is 37.0 Å². The first-order valence-electron chi connectivity index (χ1n) is 7.25. The van der Waals surface area contributed by atoms with E-state index in [0.717, 1.165) is 49.0 Å². The molecule has 1 rings (SSSR count). The lowest BCUT2D eigenvalue weighted by Gasteiger charge is -2.11. The van der Waals surface area contributed by atoms with Crippen LogP contribution in [-0.2, 0) is 12.2 Å². The summed E-state index contributed by atoms with van der Waals surface area (Å²) in [7, 11) is 0. The predicted octanol–water partition coefficient (Wildman–Crippen LogP) is 3.27. The average Bonchev–Trinajstić information content (AvgIpc) is 2.82. The summed E-state index contributed by atoms with van der Waals surface area (Å²) in [4.78, 5) is 4.44. The lowest BCUT2D eigenvalue weighted by atomic mass is 9.97. The second-order valence-corrected chi connectivity index (χ2v) is 6.43. The van der Waals surface area contributed by atoms with Gasteiger partial charge in [-0.1, -0.05) is 32.3 Å². The van der Waals surface area contributed by atoms with Crippen LogP contribution in [0.2, 0.25) is 0 Å². The highest BCUT2D eigenvalue weighted by Gasteiger charge is 2.10. The van der Waals surface area contributed by atoms with Crippen LogP contribution >= 0.6 is 11.8 Å². The van der Waals surface area contributed by atoms with Gasteiger partial charge in [0.25, 0.3) is 0 Å². The van der Waals surface area contributed by atoms with Crippen molar-refractivity contribution in [3.8, 4) is 0 Å². The predicted molar refractivity (Wildman–Crippen MR) is 81.1 cm³/mol. The van der Waals surface area contributed by atoms with Crippen LogP contribution in [0.3, 0.4) is 0 Å². The van der Waals surface area contributed by atoms with Crippen LogP contribution in [0.25, 0.3) is 0 Å². The molecule has 0 amide bonds. The largest absolute Gasteiger partial charge is 0.339 e. The summed E-state index contributed by atoms with van der Waals surface area (Å²) in [5.74, 6) is 4.97. The Labute approximate surface area is 120 Å². The van der Waals surface area contributed by atoms with Crippen molar-refractivity contribution in [1.82, 2.24) is 10.1 Å². The molecule has 0 saturated heterocycles. The third kappa shape index (κ3) is 6.97. The number of aromatic nitrogens is 2. The van der Waals surface area contributed by atoms with Crippen molar-refractivity contribution >= 4 is 11.8 Å². The maximum absolute atomic E-state index is 5.60. The van der Waals surface area contributed by atoms with Crippen LogP contribution in [0.5, 0.6) is 0 Å². The Morgan fingerprint density at radius 2 is 2.11 bits per heavy atom. The Bertz CT molecular complexity index is 341. The SMILES string of the molecule is CCC(CCN)CCc1nc(CSCC(C)C)no1.